The average molecular weight is 436 g/mol. The highest BCUT2D eigenvalue weighted by Crippen LogP contribution is 2.28. The summed E-state index contributed by atoms with van der Waals surface area (Å²) in [6.45, 7) is 3.50. The van der Waals surface area contributed by atoms with Gasteiger partial charge in [-0.1, -0.05) is 17.7 Å². The monoisotopic (exact) mass is 435 g/mol. The van der Waals surface area contributed by atoms with E-state index in [9.17, 15) is 13.2 Å². The Bertz CT molecular complexity index is 1130. The number of halogens is 1. The fourth-order valence-electron chi connectivity index (χ4n) is 2.53. The molecule has 3 rings (SSSR count). The smallest absolute Gasteiger partial charge is 0.265 e. The predicted octanol–water partition coefficient (Wildman–Crippen LogP) is 4.79. The molecule has 2 aromatic heterocycles. The summed E-state index contributed by atoms with van der Waals surface area (Å²) in [6.07, 6.45) is 1.71. The van der Waals surface area contributed by atoms with Gasteiger partial charge < -0.3 is 5.32 Å². The number of pyridine rings is 1. The van der Waals surface area contributed by atoms with Crippen molar-refractivity contribution in [1.82, 2.24) is 4.98 Å². The fraction of sp³-hybridized carbons (Fsp3) is 0.158. The molecule has 2 heterocycles. The van der Waals surface area contributed by atoms with Gasteiger partial charge in [0.25, 0.3) is 5.91 Å². The largest absolute Gasteiger partial charge is 0.321 e. The lowest BCUT2D eigenvalue weighted by Crippen LogP contribution is -2.15. The number of thiophene rings is 1. The number of hydrogen-bond donors (Lipinski definition) is 2. The van der Waals surface area contributed by atoms with E-state index < -0.39 is 10.0 Å². The number of aryl methyl sites for hydroxylation is 1. The summed E-state index contributed by atoms with van der Waals surface area (Å²) >= 11 is 7.37. The van der Waals surface area contributed by atoms with Crippen molar-refractivity contribution in [3.05, 3.63) is 63.4 Å². The van der Waals surface area contributed by atoms with Gasteiger partial charge in [0.2, 0.25) is 10.0 Å². The van der Waals surface area contributed by atoms with Gasteiger partial charge in [0.1, 0.15) is 0 Å². The maximum absolute atomic E-state index is 12.6. The average Bonchev–Trinajstić information content (AvgIpc) is 3.11. The molecular weight excluding hydrogens is 418 g/mol. The quantitative estimate of drug-likeness (QED) is 0.582. The molecule has 1 aromatic carbocycles. The molecule has 0 saturated heterocycles. The first-order valence-corrected chi connectivity index (χ1v) is 11.3. The minimum Gasteiger partial charge on any atom is -0.321 e. The van der Waals surface area contributed by atoms with Gasteiger partial charge in [-0.15, -0.1) is 11.3 Å². The molecule has 0 aliphatic heterocycles. The molecule has 3 aromatic rings. The van der Waals surface area contributed by atoms with Gasteiger partial charge >= 0.3 is 0 Å². The Morgan fingerprint density at radius 1 is 1.21 bits per heavy atom. The summed E-state index contributed by atoms with van der Waals surface area (Å²) in [5.41, 5.74) is 3.42. The first-order chi connectivity index (χ1) is 13.3. The standard InChI is InChI=1S/C19H18ClN3O3S2/c1-3-28(25,26)23-16-9-14(20)8-15(10-16)22-19(24)17-7-13(11-27-17)18-12(2)5-4-6-21-18/h4-11,23H,3H2,1-2H3,(H,22,24). The lowest BCUT2D eigenvalue weighted by atomic mass is 10.1. The Kier molecular flexibility index (Phi) is 6.02. The van der Waals surface area contributed by atoms with E-state index in [-0.39, 0.29) is 11.7 Å². The second-order valence-corrected chi connectivity index (χ2v) is 9.42. The van der Waals surface area contributed by atoms with Crippen molar-refractivity contribution in [2.45, 2.75) is 13.8 Å². The van der Waals surface area contributed by atoms with Gasteiger partial charge in [0, 0.05) is 27.9 Å². The number of hydrogen-bond acceptors (Lipinski definition) is 5. The molecule has 0 radical (unpaired) electrons. The summed E-state index contributed by atoms with van der Waals surface area (Å²) < 4.78 is 25.9. The number of sulfonamides is 1. The highest BCUT2D eigenvalue weighted by atomic mass is 35.5. The third kappa shape index (κ3) is 4.89. The zero-order valence-electron chi connectivity index (χ0n) is 15.2. The number of carbonyl (C=O) groups is 1. The molecule has 9 heteroatoms. The zero-order valence-corrected chi connectivity index (χ0v) is 17.6. The van der Waals surface area contributed by atoms with Crippen LogP contribution in [-0.4, -0.2) is 25.1 Å². The van der Waals surface area contributed by atoms with Crippen molar-refractivity contribution in [3.63, 3.8) is 0 Å². The topological polar surface area (TPSA) is 88.2 Å². The summed E-state index contributed by atoms with van der Waals surface area (Å²) in [6, 6.07) is 10.2. The van der Waals surface area contributed by atoms with E-state index >= 15 is 0 Å². The SMILES string of the molecule is CCS(=O)(=O)Nc1cc(Cl)cc(NC(=O)c2cc(-c3ncccc3C)cs2)c1. The third-order valence-electron chi connectivity index (χ3n) is 3.92. The van der Waals surface area contributed by atoms with Crippen LogP contribution in [0, 0.1) is 6.92 Å². The first-order valence-electron chi connectivity index (χ1n) is 8.40. The van der Waals surface area contributed by atoms with E-state index in [4.69, 9.17) is 11.6 Å². The molecule has 0 aliphatic rings. The van der Waals surface area contributed by atoms with Crippen molar-refractivity contribution in [2.75, 3.05) is 15.8 Å². The molecule has 0 unspecified atom stereocenters. The molecule has 0 atom stereocenters. The van der Waals surface area contributed by atoms with Crippen molar-refractivity contribution >= 4 is 50.2 Å². The Morgan fingerprint density at radius 3 is 2.68 bits per heavy atom. The van der Waals surface area contributed by atoms with Crippen LogP contribution in [0.25, 0.3) is 11.3 Å². The Morgan fingerprint density at radius 2 is 1.96 bits per heavy atom. The predicted molar refractivity (Wildman–Crippen MR) is 115 cm³/mol. The van der Waals surface area contributed by atoms with E-state index in [1.165, 1.54) is 30.4 Å². The van der Waals surface area contributed by atoms with Crippen LogP contribution >= 0.6 is 22.9 Å². The number of rotatable bonds is 6. The molecular formula is C19H18ClN3O3S2. The van der Waals surface area contributed by atoms with Gasteiger partial charge in [0.15, 0.2) is 0 Å². The number of benzene rings is 1. The van der Waals surface area contributed by atoms with Gasteiger partial charge in [-0.05, 0) is 49.7 Å². The molecule has 0 bridgehead atoms. The van der Waals surface area contributed by atoms with Gasteiger partial charge in [-0.25, -0.2) is 8.42 Å². The number of nitrogens with one attached hydrogen (secondary N) is 2. The lowest BCUT2D eigenvalue weighted by Gasteiger charge is -2.10. The van der Waals surface area contributed by atoms with Crippen LogP contribution in [0.5, 0.6) is 0 Å². The van der Waals surface area contributed by atoms with Crippen LogP contribution < -0.4 is 10.0 Å². The van der Waals surface area contributed by atoms with Crippen LogP contribution in [0.15, 0.2) is 48.0 Å². The summed E-state index contributed by atoms with van der Waals surface area (Å²) in [4.78, 5) is 17.5. The van der Waals surface area contributed by atoms with Crippen LogP contribution in [0.4, 0.5) is 11.4 Å². The maximum atomic E-state index is 12.6. The van der Waals surface area contributed by atoms with Crippen LogP contribution in [0.1, 0.15) is 22.2 Å². The van der Waals surface area contributed by atoms with Crippen molar-refractivity contribution in [3.8, 4) is 11.3 Å². The first kappa shape index (κ1) is 20.3. The second-order valence-electron chi connectivity index (χ2n) is 6.06. The van der Waals surface area contributed by atoms with Crippen LogP contribution in [0.3, 0.4) is 0 Å². The van der Waals surface area contributed by atoms with Gasteiger partial charge in [0.05, 0.1) is 22.0 Å². The fourth-order valence-corrected chi connectivity index (χ4v) is 4.18. The number of nitrogens with zero attached hydrogens (tertiary/aromatic N) is 1. The van der Waals surface area contributed by atoms with Gasteiger partial charge in [-0.3, -0.25) is 14.5 Å². The molecule has 28 heavy (non-hydrogen) atoms. The third-order valence-corrected chi connectivity index (χ3v) is 6.37. The number of anilines is 2. The Labute approximate surface area is 172 Å². The minimum atomic E-state index is -3.44. The van der Waals surface area contributed by atoms with Crippen LogP contribution in [0.2, 0.25) is 5.02 Å². The van der Waals surface area contributed by atoms with Crippen molar-refractivity contribution in [2.24, 2.45) is 0 Å². The summed E-state index contributed by atoms with van der Waals surface area (Å²) in [7, 11) is -3.44. The van der Waals surface area contributed by atoms with E-state index in [0.29, 0.717) is 21.3 Å². The van der Waals surface area contributed by atoms with E-state index in [2.05, 4.69) is 15.0 Å². The summed E-state index contributed by atoms with van der Waals surface area (Å²) in [5, 5.41) is 4.94. The number of aromatic nitrogens is 1. The van der Waals surface area contributed by atoms with E-state index in [1.54, 1.807) is 18.3 Å². The molecule has 0 fully saturated rings. The zero-order chi connectivity index (χ0) is 20.3. The number of amides is 1. The Balaban J connectivity index is 1.80. The van der Waals surface area contributed by atoms with Gasteiger partial charge in [-0.2, -0.15) is 0 Å². The van der Waals surface area contributed by atoms with Crippen molar-refractivity contribution < 1.29 is 13.2 Å². The van der Waals surface area contributed by atoms with E-state index in [1.807, 2.05) is 24.4 Å². The van der Waals surface area contributed by atoms with Crippen molar-refractivity contribution in [1.29, 1.82) is 0 Å². The molecule has 1 amide bonds. The molecule has 146 valence electrons. The Hall–Kier alpha value is -2.42. The molecule has 0 spiro atoms. The molecule has 0 saturated carbocycles. The molecule has 6 nitrogen and oxygen atoms in total. The summed E-state index contributed by atoms with van der Waals surface area (Å²) in [5.74, 6) is -0.372. The maximum Gasteiger partial charge on any atom is 0.265 e. The molecule has 2 N–H and O–H groups in total. The molecule has 0 aliphatic carbocycles. The number of carbonyl (C=O) groups excluding carboxylic acids is 1. The minimum absolute atomic E-state index is 0.0634. The van der Waals surface area contributed by atoms with E-state index in [0.717, 1.165) is 16.8 Å². The second kappa shape index (κ2) is 8.30. The highest BCUT2D eigenvalue weighted by molar-refractivity contribution is 7.92. The highest BCUT2D eigenvalue weighted by Gasteiger charge is 2.14. The lowest BCUT2D eigenvalue weighted by molar-refractivity contribution is 0.103. The normalized spacial score (nSPS) is 11.2. The van der Waals surface area contributed by atoms with Crippen LogP contribution in [-0.2, 0) is 10.0 Å².